The number of nitrogens with zero attached hydrogens (tertiary/aromatic N) is 1. The molecule has 0 bridgehead atoms. The summed E-state index contributed by atoms with van der Waals surface area (Å²) in [6, 6.07) is 0. The van der Waals surface area contributed by atoms with Gasteiger partial charge in [-0.25, -0.2) is 0 Å². The molecule has 2 aliphatic heterocycles. The first kappa shape index (κ1) is 13.3. The summed E-state index contributed by atoms with van der Waals surface area (Å²) in [5.74, 6) is 0.848. The van der Waals surface area contributed by atoms with Crippen LogP contribution < -0.4 is 5.32 Å². The molecule has 2 rings (SSSR count). The predicted octanol–water partition coefficient (Wildman–Crippen LogP) is 1.88. The van der Waals surface area contributed by atoms with Gasteiger partial charge in [-0.2, -0.15) is 0 Å². The summed E-state index contributed by atoms with van der Waals surface area (Å²) >= 11 is 0. The third kappa shape index (κ3) is 3.43. The van der Waals surface area contributed by atoms with Crippen molar-refractivity contribution in [3.05, 3.63) is 0 Å². The number of nitrogens with one attached hydrogen (secondary N) is 1. The van der Waals surface area contributed by atoms with Crippen LogP contribution in [-0.4, -0.2) is 49.8 Å². The fourth-order valence-corrected chi connectivity index (χ4v) is 3.14. The Kier molecular flexibility index (Phi) is 4.83. The third-order valence-corrected chi connectivity index (χ3v) is 4.33. The molecule has 0 aromatic heterocycles. The molecule has 2 fully saturated rings. The summed E-state index contributed by atoms with van der Waals surface area (Å²) in [5.41, 5.74) is 0.317. The van der Waals surface area contributed by atoms with Gasteiger partial charge in [-0.15, -0.1) is 0 Å². The predicted molar refractivity (Wildman–Crippen MR) is 71.3 cm³/mol. The van der Waals surface area contributed by atoms with E-state index in [4.69, 9.17) is 4.74 Å². The van der Waals surface area contributed by atoms with E-state index < -0.39 is 0 Å². The molecule has 100 valence electrons. The van der Waals surface area contributed by atoms with E-state index in [1.54, 1.807) is 0 Å². The lowest BCUT2D eigenvalue weighted by Crippen LogP contribution is -2.51. The Hall–Kier alpha value is -0.120. The minimum Gasteiger partial charge on any atom is -0.380 e. The maximum atomic E-state index is 5.67. The highest BCUT2D eigenvalue weighted by Crippen LogP contribution is 2.30. The Morgan fingerprint density at radius 2 is 2.35 bits per heavy atom. The lowest BCUT2D eigenvalue weighted by atomic mass is 9.93. The van der Waals surface area contributed by atoms with E-state index in [-0.39, 0.29) is 0 Å². The highest BCUT2D eigenvalue weighted by atomic mass is 16.5. The van der Waals surface area contributed by atoms with Gasteiger partial charge in [-0.05, 0) is 58.2 Å². The summed E-state index contributed by atoms with van der Waals surface area (Å²) in [6.45, 7) is 11.4. The number of rotatable bonds is 5. The van der Waals surface area contributed by atoms with Gasteiger partial charge >= 0.3 is 0 Å². The van der Waals surface area contributed by atoms with Crippen molar-refractivity contribution < 1.29 is 4.74 Å². The first-order chi connectivity index (χ1) is 8.24. The molecule has 0 amide bonds. The minimum atomic E-state index is 0.317. The molecule has 0 saturated carbocycles. The van der Waals surface area contributed by atoms with Crippen LogP contribution >= 0.6 is 0 Å². The van der Waals surface area contributed by atoms with Gasteiger partial charge in [0.05, 0.1) is 6.61 Å². The molecule has 2 saturated heterocycles. The molecule has 0 aliphatic carbocycles. The van der Waals surface area contributed by atoms with E-state index in [0.717, 1.165) is 25.7 Å². The first-order valence-corrected chi connectivity index (χ1v) is 7.28. The zero-order valence-electron chi connectivity index (χ0n) is 11.5. The molecular formula is C14H28N2O. The molecule has 1 N–H and O–H groups in total. The van der Waals surface area contributed by atoms with E-state index in [1.807, 2.05) is 0 Å². The maximum absolute atomic E-state index is 5.67. The molecule has 0 spiro atoms. The van der Waals surface area contributed by atoms with Gasteiger partial charge in [-0.1, -0.05) is 6.92 Å². The molecule has 3 nitrogen and oxygen atoms in total. The second-order valence-electron chi connectivity index (χ2n) is 5.96. The molecule has 0 aromatic carbocycles. The number of ether oxygens (including phenoxy) is 1. The van der Waals surface area contributed by atoms with E-state index in [2.05, 4.69) is 24.1 Å². The average Bonchev–Trinajstić information content (AvgIpc) is 2.80. The number of hydrogen-bond acceptors (Lipinski definition) is 3. The summed E-state index contributed by atoms with van der Waals surface area (Å²) < 4.78 is 5.67. The summed E-state index contributed by atoms with van der Waals surface area (Å²) in [7, 11) is 0. The van der Waals surface area contributed by atoms with Gasteiger partial charge in [0, 0.05) is 18.7 Å². The van der Waals surface area contributed by atoms with Crippen molar-refractivity contribution in [1.29, 1.82) is 0 Å². The second kappa shape index (κ2) is 6.17. The SMILES string of the molecule is CCCNCC1CCN(C2(C)CCCOC2)C1. The lowest BCUT2D eigenvalue weighted by Gasteiger charge is -2.41. The number of likely N-dealkylation sites (tertiary alicyclic amines) is 1. The smallest absolute Gasteiger partial charge is 0.0647 e. The molecule has 2 aliphatic rings. The third-order valence-electron chi connectivity index (χ3n) is 4.33. The van der Waals surface area contributed by atoms with Crippen LogP contribution in [0.25, 0.3) is 0 Å². The molecule has 17 heavy (non-hydrogen) atoms. The van der Waals surface area contributed by atoms with Crippen LogP contribution in [0.15, 0.2) is 0 Å². The fraction of sp³-hybridized carbons (Fsp3) is 1.00. The van der Waals surface area contributed by atoms with Crippen molar-refractivity contribution in [3.63, 3.8) is 0 Å². The van der Waals surface area contributed by atoms with Crippen molar-refractivity contribution in [2.24, 2.45) is 5.92 Å². The van der Waals surface area contributed by atoms with E-state index in [9.17, 15) is 0 Å². The molecule has 2 unspecified atom stereocenters. The Bertz CT molecular complexity index is 226. The van der Waals surface area contributed by atoms with Crippen LogP contribution in [0.1, 0.15) is 39.5 Å². The number of hydrogen-bond donors (Lipinski definition) is 1. The Morgan fingerprint density at radius 1 is 1.47 bits per heavy atom. The molecule has 0 aromatic rings. The molecule has 0 radical (unpaired) electrons. The molecule has 2 atom stereocenters. The van der Waals surface area contributed by atoms with Gasteiger partial charge in [0.2, 0.25) is 0 Å². The largest absolute Gasteiger partial charge is 0.380 e. The van der Waals surface area contributed by atoms with Crippen LogP contribution in [0, 0.1) is 5.92 Å². The van der Waals surface area contributed by atoms with Crippen LogP contribution in [0.5, 0.6) is 0 Å². The van der Waals surface area contributed by atoms with Crippen molar-refractivity contribution in [2.45, 2.75) is 45.1 Å². The van der Waals surface area contributed by atoms with Crippen molar-refractivity contribution in [3.8, 4) is 0 Å². The van der Waals surface area contributed by atoms with Crippen LogP contribution in [0.3, 0.4) is 0 Å². The molecule has 3 heteroatoms. The van der Waals surface area contributed by atoms with Crippen molar-refractivity contribution in [1.82, 2.24) is 10.2 Å². The average molecular weight is 240 g/mol. The van der Waals surface area contributed by atoms with E-state index >= 15 is 0 Å². The maximum Gasteiger partial charge on any atom is 0.0647 e. The van der Waals surface area contributed by atoms with Crippen LogP contribution in [0.4, 0.5) is 0 Å². The monoisotopic (exact) mass is 240 g/mol. The van der Waals surface area contributed by atoms with Gasteiger partial charge in [0.1, 0.15) is 0 Å². The van der Waals surface area contributed by atoms with Gasteiger partial charge in [-0.3, -0.25) is 4.90 Å². The van der Waals surface area contributed by atoms with Crippen LogP contribution in [0.2, 0.25) is 0 Å². The lowest BCUT2D eigenvalue weighted by molar-refractivity contribution is -0.0314. The summed E-state index contributed by atoms with van der Waals surface area (Å²) in [4.78, 5) is 2.67. The van der Waals surface area contributed by atoms with E-state index in [0.29, 0.717) is 5.54 Å². The topological polar surface area (TPSA) is 24.5 Å². The molecule has 2 heterocycles. The fourth-order valence-electron chi connectivity index (χ4n) is 3.14. The van der Waals surface area contributed by atoms with Gasteiger partial charge in [0.15, 0.2) is 0 Å². The summed E-state index contributed by atoms with van der Waals surface area (Å²) in [5, 5.41) is 3.56. The van der Waals surface area contributed by atoms with Gasteiger partial charge < -0.3 is 10.1 Å². The Morgan fingerprint density at radius 3 is 3.06 bits per heavy atom. The Balaban J connectivity index is 1.76. The minimum absolute atomic E-state index is 0.317. The highest BCUT2D eigenvalue weighted by molar-refractivity contribution is 4.93. The Labute approximate surface area is 106 Å². The van der Waals surface area contributed by atoms with Gasteiger partial charge in [0.25, 0.3) is 0 Å². The summed E-state index contributed by atoms with van der Waals surface area (Å²) in [6.07, 6.45) is 5.13. The van der Waals surface area contributed by atoms with Crippen LogP contribution in [-0.2, 0) is 4.74 Å². The van der Waals surface area contributed by atoms with Crippen molar-refractivity contribution in [2.75, 3.05) is 39.4 Å². The second-order valence-corrected chi connectivity index (χ2v) is 5.96. The zero-order valence-corrected chi connectivity index (χ0v) is 11.5. The van der Waals surface area contributed by atoms with E-state index in [1.165, 1.54) is 45.3 Å². The zero-order chi connectivity index (χ0) is 12.1. The molecular weight excluding hydrogens is 212 g/mol. The first-order valence-electron chi connectivity index (χ1n) is 7.28. The normalized spacial score (nSPS) is 35.3. The highest BCUT2D eigenvalue weighted by Gasteiger charge is 2.38. The standard InChI is InChI=1S/C14H28N2O/c1-3-7-15-10-13-5-8-16(11-13)14(2)6-4-9-17-12-14/h13,15H,3-12H2,1-2H3. The quantitative estimate of drug-likeness (QED) is 0.743. The van der Waals surface area contributed by atoms with Crippen molar-refractivity contribution >= 4 is 0 Å².